The Morgan fingerprint density at radius 3 is 2.45 bits per heavy atom. The van der Waals surface area contributed by atoms with Crippen molar-refractivity contribution < 1.29 is 13.2 Å². The van der Waals surface area contributed by atoms with E-state index in [0.29, 0.717) is 0 Å². The molecule has 4 heteroatoms. The summed E-state index contributed by atoms with van der Waals surface area (Å²) in [6.45, 7) is 4.68. The van der Waals surface area contributed by atoms with Crippen molar-refractivity contribution in [1.82, 2.24) is 5.32 Å². The molecule has 1 atom stereocenters. The van der Waals surface area contributed by atoms with Gasteiger partial charge in [-0.25, -0.2) is 8.78 Å². The summed E-state index contributed by atoms with van der Waals surface area (Å²) in [4.78, 5) is 0. The first-order valence-electron chi connectivity index (χ1n) is 6.89. The lowest BCUT2D eigenvalue weighted by atomic mass is 9.97. The van der Waals surface area contributed by atoms with Crippen molar-refractivity contribution in [3.63, 3.8) is 0 Å². The molecule has 1 aromatic heterocycles. The largest absolute Gasteiger partial charge is 0.469 e. The minimum absolute atomic E-state index is 0.113. The molecule has 0 spiro atoms. The van der Waals surface area contributed by atoms with E-state index in [0.717, 1.165) is 24.3 Å². The minimum atomic E-state index is -0.505. The van der Waals surface area contributed by atoms with E-state index >= 15 is 0 Å². The van der Waals surface area contributed by atoms with Crippen LogP contribution in [-0.2, 0) is 12.8 Å². The third-order valence-electron chi connectivity index (χ3n) is 3.40. The lowest BCUT2D eigenvalue weighted by Crippen LogP contribution is -2.24. The van der Waals surface area contributed by atoms with Crippen LogP contribution < -0.4 is 5.32 Å². The molecule has 2 rings (SSSR count). The summed E-state index contributed by atoms with van der Waals surface area (Å²) < 4.78 is 33.0. The maximum absolute atomic E-state index is 13.8. The average molecular weight is 279 g/mol. The molecule has 0 aliphatic heterocycles. The van der Waals surface area contributed by atoms with Gasteiger partial charge in [0.2, 0.25) is 0 Å². The second kappa shape index (κ2) is 6.66. The lowest BCUT2D eigenvalue weighted by molar-refractivity contribution is 0.473. The molecule has 0 amide bonds. The molecular formula is C16H19F2NO. The van der Waals surface area contributed by atoms with Crippen LogP contribution in [0.3, 0.4) is 0 Å². The summed E-state index contributed by atoms with van der Waals surface area (Å²) in [6.07, 6.45) is 2.64. The Hall–Kier alpha value is -1.68. The SMILES string of the molecule is CCNC(Cc1c(F)cccc1F)c1ccoc1CC. The van der Waals surface area contributed by atoms with Gasteiger partial charge < -0.3 is 9.73 Å². The Morgan fingerprint density at radius 1 is 1.15 bits per heavy atom. The number of hydrogen-bond donors (Lipinski definition) is 1. The molecule has 108 valence electrons. The summed E-state index contributed by atoms with van der Waals surface area (Å²) >= 11 is 0. The number of hydrogen-bond acceptors (Lipinski definition) is 2. The number of aryl methyl sites for hydroxylation is 1. The highest BCUT2D eigenvalue weighted by molar-refractivity contribution is 5.27. The molecule has 20 heavy (non-hydrogen) atoms. The van der Waals surface area contributed by atoms with Crippen molar-refractivity contribution in [3.8, 4) is 0 Å². The van der Waals surface area contributed by atoms with Crippen LogP contribution in [0, 0.1) is 11.6 Å². The predicted molar refractivity (Wildman–Crippen MR) is 74.6 cm³/mol. The molecule has 0 saturated heterocycles. The van der Waals surface area contributed by atoms with Crippen LogP contribution in [-0.4, -0.2) is 6.54 Å². The third-order valence-corrected chi connectivity index (χ3v) is 3.40. The fourth-order valence-corrected chi connectivity index (χ4v) is 2.42. The first-order valence-corrected chi connectivity index (χ1v) is 6.89. The predicted octanol–water partition coefficient (Wildman–Crippen LogP) is 4.01. The van der Waals surface area contributed by atoms with E-state index in [4.69, 9.17) is 4.42 Å². The molecule has 0 aliphatic rings. The topological polar surface area (TPSA) is 25.2 Å². The van der Waals surface area contributed by atoms with Crippen molar-refractivity contribution in [3.05, 3.63) is 59.1 Å². The van der Waals surface area contributed by atoms with Gasteiger partial charge in [-0.3, -0.25) is 0 Å². The molecule has 1 aromatic carbocycles. The fourth-order valence-electron chi connectivity index (χ4n) is 2.42. The first-order chi connectivity index (χ1) is 9.67. The molecule has 1 heterocycles. The van der Waals surface area contributed by atoms with E-state index < -0.39 is 11.6 Å². The molecular weight excluding hydrogens is 260 g/mol. The van der Waals surface area contributed by atoms with Crippen molar-refractivity contribution in [2.24, 2.45) is 0 Å². The molecule has 1 unspecified atom stereocenters. The Bertz CT molecular complexity index is 545. The monoisotopic (exact) mass is 279 g/mol. The summed E-state index contributed by atoms with van der Waals surface area (Å²) in [5.74, 6) is -0.156. The molecule has 0 bridgehead atoms. The van der Waals surface area contributed by atoms with Crippen molar-refractivity contribution in [1.29, 1.82) is 0 Å². The average Bonchev–Trinajstić information content (AvgIpc) is 2.90. The van der Waals surface area contributed by atoms with Gasteiger partial charge in [0.05, 0.1) is 6.26 Å². The van der Waals surface area contributed by atoms with E-state index in [1.165, 1.54) is 18.2 Å². The van der Waals surface area contributed by atoms with Gasteiger partial charge in [0.1, 0.15) is 17.4 Å². The number of benzene rings is 1. The van der Waals surface area contributed by atoms with Gasteiger partial charge in [0.25, 0.3) is 0 Å². The summed E-state index contributed by atoms with van der Waals surface area (Å²) in [5.41, 5.74) is 1.08. The van der Waals surface area contributed by atoms with E-state index in [1.807, 2.05) is 19.9 Å². The second-order valence-corrected chi connectivity index (χ2v) is 4.67. The van der Waals surface area contributed by atoms with Gasteiger partial charge in [-0.2, -0.15) is 0 Å². The second-order valence-electron chi connectivity index (χ2n) is 4.67. The van der Waals surface area contributed by atoms with Gasteiger partial charge in [0, 0.05) is 23.6 Å². The van der Waals surface area contributed by atoms with Gasteiger partial charge in [-0.05, 0) is 31.2 Å². The minimum Gasteiger partial charge on any atom is -0.469 e. The molecule has 2 nitrogen and oxygen atoms in total. The van der Waals surface area contributed by atoms with Gasteiger partial charge in [0.15, 0.2) is 0 Å². The number of nitrogens with one attached hydrogen (secondary N) is 1. The smallest absolute Gasteiger partial charge is 0.129 e. The highest BCUT2D eigenvalue weighted by Crippen LogP contribution is 2.26. The molecule has 1 N–H and O–H groups in total. The highest BCUT2D eigenvalue weighted by atomic mass is 19.1. The molecule has 0 radical (unpaired) electrons. The standard InChI is InChI=1S/C16H19F2NO/c1-3-16-11(8-9-20-16)15(19-4-2)10-12-13(17)6-5-7-14(12)18/h5-9,15,19H,3-4,10H2,1-2H3. The van der Waals surface area contributed by atoms with Crippen LogP contribution >= 0.6 is 0 Å². The van der Waals surface area contributed by atoms with Crippen LogP contribution in [0.15, 0.2) is 34.9 Å². The molecule has 0 fully saturated rings. The molecule has 0 saturated carbocycles. The van der Waals surface area contributed by atoms with Gasteiger partial charge >= 0.3 is 0 Å². The van der Waals surface area contributed by atoms with Crippen molar-refractivity contribution >= 4 is 0 Å². The zero-order valence-electron chi connectivity index (χ0n) is 11.7. The zero-order chi connectivity index (χ0) is 14.5. The van der Waals surface area contributed by atoms with E-state index in [1.54, 1.807) is 6.26 Å². The quantitative estimate of drug-likeness (QED) is 0.864. The summed E-state index contributed by atoms with van der Waals surface area (Å²) in [5, 5.41) is 3.27. The normalized spacial score (nSPS) is 12.6. The van der Waals surface area contributed by atoms with E-state index in [9.17, 15) is 8.78 Å². The maximum atomic E-state index is 13.8. The van der Waals surface area contributed by atoms with Crippen LogP contribution in [0.2, 0.25) is 0 Å². The highest BCUT2D eigenvalue weighted by Gasteiger charge is 2.20. The Morgan fingerprint density at radius 2 is 1.85 bits per heavy atom. The van der Waals surface area contributed by atoms with Crippen LogP contribution in [0.4, 0.5) is 8.78 Å². The number of likely N-dealkylation sites (N-methyl/N-ethyl adjacent to an activating group) is 1. The Labute approximate surface area is 117 Å². The van der Waals surface area contributed by atoms with Crippen molar-refractivity contribution in [2.75, 3.05) is 6.54 Å². The number of halogens is 2. The molecule has 2 aromatic rings. The Kier molecular flexibility index (Phi) is 4.90. The maximum Gasteiger partial charge on any atom is 0.129 e. The van der Waals surface area contributed by atoms with E-state index in [-0.39, 0.29) is 18.0 Å². The number of rotatable bonds is 6. The van der Waals surface area contributed by atoms with Crippen LogP contribution in [0.25, 0.3) is 0 Å². The number of furan rings is 1. The third kappa shape index (κ3) is 3.07. The zero-order valence-corrected chi connectivity index (χ0v) is 11.7. The van der Waals surface area contributed by atoms with Gasteiger partial charge in [-0.15, -0.1) is 0 Å². The Balaban J connectivity index is 2.30. The molecule has 0 aliphatic carbocycles. The van der Waals surface area contributed by atoms with Crippen molar-refractivity contribution in [2.45, 2.75) is 32.7 Å². The van der Waals surface area contributed by atoms with Gasteiger partial charge in [-0.1, -0.05) is 19.9 Å². The van der Waals surface area contributed by atoms with Crippen LogP contribution in [0.1, 0.15) is 36.8 Å². The summed E-state index contributed by atoms with van der Waals surface area (Å²) in [7, 11) is 0. The first kappa shape index (κ1) is 14.7. The summed E-state index contributed by atoms with van der Waals surface area (Å²) in [6, 6.07) is 5.67. The van der Waals surface area contributed by atoms with E-state index in [2.05, 4.69) is 5.32 Å². The fraction of sp³-hybridized carbons (Fsp3) is 0.375. The van der Waals surface area contributed by atoms with Crippen LogP contribution in [0.5, 0.6) is 0 Å². The lowest BCUT2D eigenvalue weighted by Gasteiger charge is -2.18.